The molecule has 0 aliphatic rings. The molecule has 4 N–H and O–H groups in total. The molecule has 1 heterocycles. The fourth-order valence-electron chi connectivity index (χ4n) is 1.95. The van der Waals surface area contributed by atoms with Gasteiger partial charge in [-0.1, -0.05) is 18.2 Å². The Bertz CT molecular complexity index is 612. The summed E-state index contributed by atoms with van der Waals surface area (Å²) in [5, 5.41) is 2.69. The molecular formula is C13H15ClF3N3O. The lowest BCUT2D eigenvalue weighted by atomic mass is 10.1. The van der Waals surface area contributed by atoms with Gasteiger partial charge in [-0.05, 0) is 18.1 Å². The van der Waals surface area contributed by atoms with E-state index in [2.05, 4.69) is 4.98 Å². The summed E-state index contributed by atoms with van der Waals surface area (Å²) in [7, 11) is 0. The number of carbonyl (C=O) groups excluding carboxylic acids is 1. The Morgan fingerprint density at radius 1 is 1.33 bits per heavy atom. The van der Waals surface area contributed by atoms with E-state index in [0.29, 0.717) is 0 Å². The number of hydrogen-bond acceptors (Lipinski definition) is 2. The highest BCUT2D eigenvalue weighted by molar-refractivity contribution is 5.86. The summed E-state index contributed by atoms with van der Waals surface area (Å²) in [6, 6.07) is 6.42. The van der Waals surface area contributed by atoms with Gasteiger partial charge in [-0.3, -0.25) is 4.79 Å². The topological polar surface area (TPSA) is 70.9 Å². The Hall–Kier alpha value is -1.73. The normalized spacial score (nSPS) is 12.8. The molecule has 8 heteroatoms. The first kappa shape index (κ1) is 17.3. The van der Waals surface area contributed by atoms with Gasteiger partial charge >= 0.3 is 6.18 Å². The maximum atomic E-state index is 12.0. The minimum absolute atomic E-state index is 0. The Labute approximate surface area is 125 Å². The van der Waals surface area contributed by atoms with Gasteiger partial charge in [-0.15, -0.1) is 12.4 Å². The van der Waals surface area contributed by atoms with Gasteiger partial charge in [-0.2, -0.15) is 13.2 Å². The van der Waals surface area contributed by atoms with Crippen molar-refractivity contribution in [3.05, 3.63) is 36.0 Å². The Balaban J connectivity index is 0.00000220. The van der Waals surface area contributed by atoms with Crippen LogP contribution in [0.4, 0.5) is 13.2 Å². The maximum absolute atomic E-state index is 12.0. The van der Waals surface area contributed by atoms with Crippen molar-refractivity contribution in [2.75, 3.05) is 6.54 Å². The highest BCUT2D eigenvalue weighted by Gasteiger charge is 2.28. The first-order chi connectivity index (χ1) is 9.37. The summed E-state index contributed by atoms with van der Waals surface area (Å²) in [5.74, 6) is -0.812. The monoisotopic (exact) mass is 321 g/mol. The van der Waals surface area contributed by atoms with Gasteiger partial charge < -0.3 is 16.0 Å². The van der Waals surface area contributed by atoms with Gasteiger partial charge in [0.05, 0.1) is 6.04 Å². The number of amides is 1. The Morgan fingerprint density at radius 2 is 2.00 bits per heavy atom. The van der Waals surface area contributed by atoms with Crippen molar-refractivity contribution in [1.82, 2.24) is 10.3 Å². The zero-order chi connectivity index (χ0) is 14.8. The Kier molecular flexibility index (Phi) is 5.62. The van der Waals surface area contributed by atoms with Crippen LogP contribution in [0.3, 0.4) is 0 Å². The van der Waals surface area contributed by atoms with Crippen LogP contribution in [-0.2, 0) is 11.2 Å². The molecule has 116 valence electrons. The van der Waals surface area contributed by atoms with Gasteiger partial charge in [-0.25, -0.2) is 0 Å². The minimum atomic E-state index is -4.43. The molecule has 0 aliphatic carbocycles. The van der Waals surface area contributed by atoms with E-state index in [1.54, 1.807) is 11.5 Å². The molecule has 0 spiro atoms. The van der Waals surface area contributed by atoms with Gasteiger partial charge in [0.1, 0.15) is 6.54 Å². The van der Waals surface area contributed by atoms with E-state index < -0.39 is 24.7 Å². The first-order valence-corrected chi connectivity index (χ1v) is 6.02. The second-order valence-electron chi connectivity index (χ2n) is 4.50. The van der Waals surface area contributed by atoms with Crippen LogP contribution in [0.15, 0.2) is 30.5 Å². The fourth-order valence-corrected chi connectivity index (χ4v) is 1.95. The quantitative estimate of drug-likeness (QED) is 0.807. The first-order valence-electron chi connectivity index (χ1n) is 6.02. The summed E-state index contributed by atoms with van der Waals surface area (Å²) in [4.78, 5) is 14.5. The van der Waals surface area contributed by atoms with Gasteiger partial charge in [0.2, 0.25) is 5.91 Å². The third kappa shape index (κ3) is 4.64. The van der Waals surface area contributed by atoms with Crippen LogP contribution in [0.5, 0.6) is 0 Å². The van der Waals surface area contributed by atoms with Crippen LogP contribution in [0.2, 0.25) is 0 Å². The van der Waals surface area contributed by atoms with Crippen molar-refractivity contribution in [2.45, 2.75) is 18.6 Å². The number of nitrogens with two attached hydrogens (primary N) is 1. The molecule has 2 aromatic rings. The average Bonchev–Trinajstić information content (AvgIpc) is 2.78. The molecule has 1 amide bonds. The molecule has 1 aromatic carbocycles. The lowest BCUT2D eigenvalue weighted by Gasteiger charge is -2.13. The van der Waals surface area contributed by atoms with Gasteiger partial charge in [0, 0.05) is 17.1 Å². The SMILES string of the molecule is Cl.N[C@@H](Cc1c[nH]c2ccccc12)C(=O)NCC(F)(F)F. The zero-order valence-corrected chi connectivity index (χ0v) is 11.7. The highest BCUT2D eigenvalue weighted by Crippen LogP contribution is 2.19. The van der Waals surface area contributed by atoms with E-state index in [0.717, 1.165) is 16.5 Å². The van der Waals surface area contributed by atoms with Crippen molar-refractivity contribution in [3.63, 3.8) is 0 Å². The van der Waals surface area contributed by atoms with E-state index in [4.69, 9.17) is 5.73 Å². The number of halogens is 4. The van der Waals surface area contributed by atoms with Crippen LogP contribution < -0.4 is 11.1 Å². The van der Waals surface area contributed by atoms with E-state index in [1.165, 1.54) is 0 Å². The van der Waals surface area contributed by atoms with Crippen molar-refractivity contribution >= 4 is 29.2 Å². The maximum Gasteiger partial charge on any atom is 0.405 e. The summed E-state index contributed by atoms with van der Waals surface area (Å²) in [6.07, 6.45) is -2.55. The fraction of sp³-hybridized carbons (Fsp3) is 0.308. The molecule has 0 saturated carbocycles. The van der Waals surface area contributed by atoms with Crippen LogP contribution in [-0.4, -0.2) is 29.7 Å². The van der Waals surface area contributed by atoms with E-state index >= 15 is 0 Å². The second-order valence-corrected chi connectivity index (χ2v) is 4.50. The van der Waals surface area contributed by atoms with Crippen molar-refractivity contribution in [3.8, 4) is 0 Å². The molecule has 0 radical (unpaired) electrons. The molecule has 0 unspecified atom stereocenters. The summed E-state index contributed by atoms with van der Waals surface area (Å²) in [5.41, 5.74) is 7.33. The molecule has 0 aliphatic heterocycles. The number of alkyl halides is 3. The van der Waals surface area contributed by atoms with E-state index in [-0.39, 0.29) is 18.8 Å². The summed E-state index contributed by atoms with van der Waals surface area (Å²) < 4.78 is 36.0. The lowest BCUT2D eigenvalue weighted by Crippen LogP contribution is -2.45. The summed E-state index contributed by atoms with van der Waals surface area (Å²) >= 11 is 0. The number of fused-ring (bicyclic) bond motifs is 1. The number of para-hydroxylation sites is 1. The van der Waals surface area contributed by atoms with E-state index in [1.807, 2.05) is 24.3 Å². The third-order valence-corrected chi connectivity index (χ3v) is 2.91. The molecule has 0 bridgehead atoms. The van der Waals surface area contributed by atoms with Crippen LogP contribution >= 0.6 is 12.4 Å². The molecule has 4 nitrogen and oxygen atoms in total. The number of aromatic amines is 1. The zero-order valence-electron chi connectivity index (χ0n) is 10.9. The summed E-state index contributed by atoms with van der Waals surface area (Å²) in [6.45, 7) is -1.37. The van der Waals surface area contributed by atoms with Crippen molar-refractivity contribution in [1.29, 1.82) is 0 Å². The number of nitrogens with one attached hydrogen (secondary N) is 2. The number of H-pyrrole nitrogens is 1. The minimum Gasteiger partial charge on any atom is -0.361 e. The number of hydrogen-bond donors (Lipinski definition) is 3. The standard InChI is InChI=1S/C13H14F3N3O.ClH/c14-13(15,16)7-19-12(20)10(17)5-8-6-18-11-4-2-1-3-9(8)11;/h1-4,6,10,18H,5,7,17H2,(H,19,20);1H/t10-;/m0./s1. The van der Waals surface area contributed by atoms with Gasteiger partial charge in [0.25, 0.3) is 0 Å². The van der Waals surface area contributed by atoms with E-state index in [9.17, 15) is 18.0 Å². The Morgan fingerprint density at radius 3 is 2.67 bits per heavy atom. The molecule has 1 aromatic heterocycles. The number of carbonyl (C=O) groups is 1. The molecule has 0 saturated heterocycles. The van der Waals surface area contributed by atoms with Gasteiger partial charge in [0.15, 0.2) is 0 Å². The van der Waals surface area contributed by atoms with Crippen molar-refractivity contribution in [2.24, 2.45) is 5.73 Å². The molecule has 21 heavy (non-hydrogen) atoms. The lowest BCUT2D eigenvalue weighted by molar-refractivity contribution is -0.139. The molecular weight excluding hydrogens is 307 g/mol. The highest BCUT2D eigenvalue weighted by atomic mass is 35.5. The van der Waals surface area contributed by atoms with Crippen LogP contribution in [0.25, 0.3) is 10.9 Å². The third-order valence-electron chi connectivity index (χ3n) is 2.91. The number of rotatable bonds is 4. The number of benzene rings is 1. The van der Waals surface area contributed by atoms with Crippen LogP contribution in [0.1, 0.15) is 5.56 Å². The molecule has 0 fully saturated rings. The number of aromatic nitrogens is 1. The molecule has 1 atom stereocenters. The second kappa shape index (κ2) is 6.82. The predicted octanol–water partition coefficient (Wildman–Crippen LogP) is 2.14. The average molecular weight is 322 g/mol. The predicted molar refractivity (Wildman–Crippen MR) is 76.3 cm³/mol. The smallest absolute Gasteiger partial charge is 0.361 e. The van der Waals surface area contributed by atoms with Crippen LogP contribution in [0, 0.1) is 0 Å². The largest absolute Gasteiger partial charge is 0.405 e. The van der Waals surface area contributed by atoms with Crippen molar-refractivity contribution < 1.29 is 18.0 Å². The molecule has 2 rings (SSSR count).